The second-order valence-electron chi connectivity index (χ2n) is 5.19. The molecule has 1 aromatic heterocycles. The third kappa shape index (κ3) is 3.08. The van der Waals surface area contributed by atoms with E-state index in [9.17, 15) is 0 Å². The number of halogens is 1. The largest absolute Gasteiger partial charge is 0.381 e. The molecule has 1 atom stereocenters. The van der Waals surface area contributed by atoms with Crippen molar-refractivity contribution in [2.45, 2.75) is 51.3 Å². The van der Waals surface area contributed by atoms with Crippen LogP contribution in [-0.4, -0.2) is 35.2 Å². The Labute approximate surface area is 128 Å². The number of nitrogens with two attached hydrogens (primary N) is 1. The second kappa shape index (κ2) is 7.02. The van der Waals surface area contributed by atoms with Crippen LogP contribution in [0.5, 0.6) is 0 Å². The summed E-state index contributed by atoms with van der Waals surface area (Å²) in [6, 6.07) is -0.199. The lowest BCUT2D eigenvalue weighted by Crippen LogP contribution is -2.48. The van der Waals surface area contributed by atoms with E-state index in [0.717, 1.165) is 36.0 Å². The minimum atomic E-state index is -0.346. The molecule has 1 aromatic rings. The van der Waals surface area contributed by atoms with Crippen LogP contribution >= 0.6 is 15.9 Å². The lowest BCUT2D eigenvalue weighted by molar-refractivity contribution is -0.123. The van der Waals surface area contributed by atoms with Gasteiger partial charge in [0.25, 0.3) is 0 Å². The first-order valence-electron chi connectivity index (χ1n) is 7.33. The SMILES string of the molecule is CCCn1ncc(Br)c1C(N)C1(OCC)CCOCC1. The average Bonchev–Trinajstić information content (AvgIpc) is 2.81. The van der Waals surface area contributed by atoms with Gasteiger partial charge in [-0.15, -0.1) is 0 Å². The average molecular weight is 346 g/mol. The number of aryl methyl sites for hydroxylation is 1. The fourth-order valence-electron chi connectivity index (χ4n) is 2.87. The van der Waals surface area contributed by atoms with Gasteiger partial charge in [0.2, 0.25) is 0 Å². The van der Waals surface area contributed by atoms with E-state index in [0.29, 0.717) is 19.8 Å². The molecule has 1 fully saturated rings. The lowest BCUT2D eigenvalue weighted by atomic mass is 9.84. The van der Waals surface area contributed by atoms with Crippen LogP contribution < -0.4 is 5.73 Å². The van der Waals surface area contributed by atoms with Crippen molar-refractivity contribution >= 4 is 15.9 Å². The quantitative estimate of drug-likeness (QED) is 0.860. The van der Waals surface area contributed by atoms with Crippen molar-refractivity contribution in [3.05, 3.63) is 16.4 Å². The topological polar surface area (TPSA) is 62.3 Å². The van der Waals surface area contributed by atoms with Gasteiger partial charge in [-0.05, 0) is 29.3 Å². The first-order chi connectivity index (χ1) is 9.64. The van der Waals surface area contributed by atoms with Gasteiger partial charge < -0.3 is 15.2 Å². The van der Waals surface area contributed by atoms with E-state index in [-0.39, 0.29) is 11.6 Å². The Morgan fingerprint density at radius 2 is 2.20 bits per heavy atom. The van der Waals surface area contributed by atoms with Crippen molar-refractivity contribution in [2.75, 3.05) is 19.8 Å². The van der Waals surface area contributed by atoms with Gasteiger partial charge in [0, 0.05) is 39.2 Å². The molecular weight excluding hydrogens is 322 g/mol. The molecule has 20 heavy (non-hydrogen) atoms. The van der Waals surface area contributed by atoms with Gasteiger partial charge in [0.1, 0.15) is 0 Å². The van der Waals surface area contributed by atoms with E-state index in [1.54, 1.807) is 0 Å². The van der Waals surface area contributed by atoms with Gasteiger partial charge in [-0.2, -0.15) is 5.10 Å². The molecule has 2 rings (SSSR count). The number of hydrogen-bond acceptors (Lipinski definition) is 4. The number of nitrogens with zero attached hydrogens (tertiary/aromatic N) is 2. The van der Waals surface area contributed by atoms with Gasteiger partial charge in [-0.25, -0.2) is 0 Å². The summed E-state index contributed by atoms with van der Waals surface area (Å²) in [5.74, 6) is 0. The summed E-state index contributed by atoms with van der Waals surface area (Å²) in [7, 11) is 0. The molecule has 1 aliphatic heterocycles. The molecule has 0 radical (unpaired) electrons. The Hall–Kier alpha value is -0.430. The van der Waals surface area contributed by atoms with Crippen molar-refractivity contribution in [1.82, 2.24) is 9.78 Å². The van der Waals surface area contributed by atoms with E-state index in [1.165, 1.54) is 0 Å². The van der Waals surface area contributed by atoms with E-state index in [4.69, 9.17) is 15.2 Å². The third-order valence-electron chi connectivity index (χ3n) is 3.90. The normalized spacial score (nSPS) is 20.0. The highest BCUT2D eigenvalue weighted by atomic mass is 79.9. The molecule has 0 aliphatic carbocycles. The number of hydrogen-bond donors (Lipinski definition) is 1. The Balaban J connectivity index is 2.31. The van der Waals surface area contributed by atoms with E-state index in [1.807, 2.05) is 17.8 Å². The van der Waals surface area contributed by atoms with Crippen LogP contribution in [0.15, 0.2) is 10.7 Å². The molecule has 114 valence electrons. The van der Waals surface area contributed by atoms with Crippen LogP contribution in [0.4, 0.5) is 0 Å². The van der Waals surface area contributed by atoms with Gasteiger partial charge in [0.15, 0.2) is 0 Å². The Kier molecular flexibility index (Phi) is 5.60. The van der Waals surface area contributed by atoms with Crippen LogP contribution in [0.2, 0.25) is 0 Å². The van der Waals surface area contributed by atoms with Crippen LogP contribution in [0.1, 0.15) is 44.8 Å². The zero-order valence-corrected chi connectivity index (χ0v) is 13.9. The lowest BCUT2D eigenvalue weighted by Gasteiger charge is -2.41. The molecule has 0 saturated carbocycles. The molecule has 6 heteroatoms. The van der Waals surface area contributed by atoms with Crippen molar-refractivity contribution in [3.63, 3.8) is 0 Å². The second-order valence-corrected chi connectivity index (χ2v) is 6.04. The maximum atomic E-state index is 6.60. The maximum absolute atomic E-state index is 6.60. The fourth-order valence-corrected chi connectivity index (χ4v) is 3.41. The minimum absolute atomic E-state index is 0.199. The monoisotopic (exact) mass is 345 g/mol. The zero-order chi connectivity index (χ0) is 14.6. The summed E-state index contributed by atoms with van der Waals surface area (Å²) < 4.78 is 14.5. The summed E-state index contributed by atoms with van der Waals surface area (Å²) in [6.07, 6.45) is 4.50. The maximum Gasteiger partial charge on any atom is 0.0933 e. The van der Waals surface area contributed by atoms with Gasteiger partial charge >= 0.3 is 0 Å². The first-order valence-corrected chi connectivity index (χ1v) is 8.12. The molecule has 1 saturated heterocycles. The summed E-state index contributed by atoms with van der Waals surface area (Å²) in [6.45, 7) is 7.08. The predicted octanol–water partition coefficient (Wildman–Crippen LogP) is 2.64. The number of rotatable bonds is 6. The highest BCUT2D eigenvalue weighted by Crippen LogP contribution is 2.38. The molecule has 5 nitrogen and oxygen atoms in total. The smallest absolute Gasteiger partial charge is 0.0933 e. The van der Waals surface area contributed by atoms with Crippen molar-refractivity contribution in [2.24, 2.45) is 5.73 Å². The van der Waals surface area contributed by atoms with Gasteiger partial charge in [0.05, 0.1) is 28.0 Å². The Bertz CT molecular complexity index is 425. The summed E-state index contributed by atoms with van der Waals surface area (Å²) in [5.41, 5.74) is 7.28. The standard InChI is InChI=1S/C14H24BrN3O2/c1-3-7-18-12(11(15)10-17-18)13(16)14(20-4-2)5-8-19-9-6-14/h10,13H,3-9,16H2,1-2H3. The zero-order valence-electron chi connectivity index (χ0n) is 12.3. The van der Waals surface area contributed by atoms with Gasteiger partial charge in [-0.3, -0.25) is 4.68 Å². The molecule has 1 aliphatic rings. The summed E-state index contributed by atoms with van der Waals surface area (Å²) >= 11 is 3.58. The van der Waals surface area contributed by atoms with E-state index < -0.39 is 0 Å². The molecule has 0 aromatic carbocycles. The Morgan fingerprint density at radius 3 is 2.80 bits per heavy atom. The van der Waals surface area contributed by atoms with Crippen molar-refractivity contribution in [3.8, 4) is 0 Å². The molecule has 0 amide bonds. The molecule has 2 heterocycles. The van der Waals surface area contributed by atoms with Gasteiger partial charge in [-0.1, -0.05) is 6.92 Å². The van der Waals surface area contributed by atoms with Crippen LogP contribution in [0, 0.1) is 0 Å². The fraction of sp³-hybridized carbons (Fsp3) is 0.786. The molecule has 0 spiro atoms. The number of ether oxygens (including phenoxy) is 2. The van der Waals surface area contributed by atoms with Crippen molar-refractivity contribution in [1.29, 1.82) is 0 Å². The summed E-state index contributed by atoms with van der Waals surface area (Å²) in [5, 5.41) is 4.42. The highest BCUT2D eigenvalue weighted by molar-refractivity contribution is 9.10. The third-order valence-corrected chi connectivity index (χ3v) is 4.51. The molecule has 0 bridgehead atoms. The Morgan fingerprint density at radius 1 is 1.50 bits per heavy atom. The minimum Gasteiger partial charge on any atom is -0.381 e. The van der Waals surface area contributed by atoms with E-state index in [2.05, 4.69) is 28.0 Å². The van der Waals surface area contributed by atoms with E-state index >= 15 is 0 Å². The number of aromatic nitrogens is 2. The van der Waals surface area contributed by atoms with Crippen molar-refractivity contribution < 1.29 is 9.47 Å². The van der Waals surface area contributed by atoms with Crippen LogP contribution in [0.3, 0.4) is 0 Å². The first kappa shape index (κ1) is 15.9. The molecule has 1 unspecified atom stereocenters. The molecular formula is C14H24BrN3O2. The highest BCUT2D eigenvalue weighted by Gasteiger charge is 2.42. The van der Waals surface area contributed by atoms with Crippen LogP contribution in [-0.2, 0) is 16.0 Å². The van der Waals surface area contributed by atoms with Crippen LogP contribution in [0.25, 0.3) is 0 Å². The molecule has 2 N–H and O–H groups in total. The predicted molar refractivity (Wildman–Crippen MR) is 81.6 cm³/mol. The summed E-state index contributed by atoms with van der Waals surface area (Å²) in [4.78, 5) is 0.